The molecule has 35 heavy (non-hydrogen) atoms. The third kappa shape index (κ3) is 6.27. The lowest BCUT2D eigenvalue weighted by Gasteiger charge is -2.32. The Morgan fingerprint density at radius 1 is 1.11 bits per heavy atom. The molecule has 2 N–H and O–H groups in total. The van der Waals surface area contributed by atoms with Gasteiger partial charge in [0.25, 0.3) is 0 Å². The van der Waals surface area contributed by atoms with Crippen LogP contribution in [0.4, 0.5) is 19.6 Å². The first kappa shape index (κ1) is 24.5. The molecule has 1 aromatic heterocycles. The smallest absolute Gasteiger partial charge is 0.231 e. The number of benzene rings is 2. The first-order valence-corrected chi connectivity index (χ1v) is 12.0. The molecule has 1 unspecified atom stereocenters. The van der Waals surface area contributed by atoms with E-state index in [1.807, 2.05) is 0 Å². The number of carbonyl (C=O) groups is 3. The lowest BCUT2D eigenvalue weighted by molar-refractivity contribution is -0.134. The number of hydrogen-bond donors (Lipinski definition) is 2. The van der Waals surface area contributed by atoms with Crippen LogP contribution in [0.25, 0.3) is 11.3 Å². The second kappa shape index (κ2) is 10.7. The van der Waals surface area contributed by atoms with E-state index in [9.17, 15) is 23.2 Å². The first-order valence-electron chi connectivity index (χ1n) is 11.1. The van der Waals surface area contributed by atoms with Gasteiger partial charge in [0.2, 0.25) is 17.7 Å². The summed E-state index contributed by atoms with van der Waals surface area (Å²) in [6.45, 7) is 2.20. The SMILES string of the molecule is CC(=O)Nc1ccc(-c2csc(NC(=O)C3CCCN(C(=O)Cc4ccc(F)cc4)C3)n2)c(F)c1. The molecule has 0 bridgehead atoms. The highest BCUT2D eigenvalue weighted by molar-refractivity contribution is 7.14. The van der Waals surface area contributed by atoms with Crippen molar-refractivity contribution in [3.05, 3.63) is 65.0 Å². The molecule has 0 spiro atoms. The van der Waals surface area contributed by atoms with Gasteiger partial charge >= 0.3 is 0 Å². The maximum absolute atomic E-state index is 14.5. The Balaban J connectivity index is 1.36. The van der Waals surface area contributed by atoms with Gasteiger partial charge < -0.3 is 15.5 Å². The number of hydrogen-bond acceptors (Lipinski definition) is 5. The molecule has 2 aromatic carbocycles. The van der Waals surface area contributed by atoms with E-state index in [1.54, 1.807) is 28.5 Å². The molecule has 1 aliphatic rings. The number of anilines is 2. The highest BCUT2D eigenvalue weighted by Gasteiger charge is 2.29. The van der Waals surface area contributed by atoms with Crippen LogP contribution in [0, 0.1) is 17.6 Å². The van der Waals surface area contributed by atoms with Gasteiger partial charge in [0.05, 0.1) is 18.0 Å². The fourth-order valence-electron chi connectivity index (χ4n) is 3.97. The Bertz CT molecular complexity index is 1250. The van der Waals surface area contributed by atoms with Crippen molar-refractivity contribution in [3.8, 4) is 11.3 Å². The Hall–Kier alpha value is -3.66. The van der Waals surface area contributed by atoms with Crippen LogP contribution in [0.1, 0.15) is 25.3 Å². The van der Waals surface area contributed by atoms with Gasteiger partial charge in [0.15, 0.2) is 5.13 Å². The van der Waals surface area contributed by atoms with E-state index in [1.165, 1.54) is 42.5 Å². The molecule has 1 saturated heterocycles. The fourth-order valence-corrected chi connectivity index (χ4v) is 4.69. The van der Waals surface area contributed by atoms with Crippen LogP contribution in [0.15, 0.2) is 47.8 Å². The van der Waals surface area contributed by atoms with Crippen LogP contribution < -0.4 is 10.6 Å². The van der Waals surface area contributed by atoms with Gasteiger partial charge in [0, 0.05) is 36.6 Å². The van der Waals surface area contributed by atoms with E-state index in [0.29, 0.717) is 42.4 Å². The average molecular weight is 499 g/mol. The number of nitrogens with zero attached hydrogens (tertiary/aromatic N) is 2. The Kier molecular flexibility index (Phi) is 7.50. The summed E-state index contributed by atoms with van der Waals surface area (Å²) in [5.41, 5.74) is 1.69. The number of nitrogens with one attached hydrogen (secondary N) is 2. The normalized spacial score (nSPS) is 15.5. The number of halogens is 2. The van der Waals surface area contributed by atoms with Crippen LogP contribution in [0.3, 0.4) is 0 Å². The Morgan fingerprint density at radius 2 is 1.89 bits per heavy atom. The van der Waals surface area contributed by atoms with Gasteiger partial charge in [-0.05, 0) is 48.7 Å². The van der Waals surface area contributed by atoms with Crippen LogP contribution in [0.2, 0.25) is 0 Å². The largest absolute Gasteiger partial charge is 0.342 e. The van der Waals surface area contributed by atoms with Crippen LogP contribution >= 0.6 is 11.3 Å². The van der Waals surface area contributed by atoms with Crippen molar-refractivity contribution in [3.63, 3.8) is 0 Å². The maximum Gasteiger partial charge on any atom is 0.231 e. The maximum atomic E-state index is 14.5. The van der Waals surface area contributed by atoms with E-state index < -0.39 is 5.82 Å². The average Bonchev–Trinajstić information content (AvgIpc) is 3.28. The zero-order chi connectivity index (χ0) is 24.9. The van der Waals surface area contributed by atoms with Gasteiger partial charge in [-0.1, -0.05) is 12.1 Å². The number of likely N-dealkylation sites (tertiary alicyclic amines) is 1. The second-order valence-corrected chi connectivity index (χ2v) is 9.24. The number of piperidine rings is 1. The van der Waals surface area contributed by atoms with E-state index in [-0.39, 0.29) is 41.4 Å². The van der Waals surface area contributed by atoms with Crippen molar-refractivity contribution in [2.24, 2.45) is 5.92 Å². The van der Waals surface area contributed by atoms with Crippen molar-refractivity contribution >= 4 is 39.9 Å². The molecule has 4 rings (SSSR count). The van der Waals surface area contributed by atoms with E-state index in [2.05, 4.69) is 15.6 Å². The zero-order valence-corrected chi connectivity index (χ0v) is 19.8. The minimum atomic E-state index is -0.540. The number of rotatable bonds is 6. The summed E-state index contributed by atoms with van der Waals surface area (Å²) >= 11 is 1.18. The Morgan fingerprint density at radius 3 is 2.60 bits per heavy atom. The molecule has 0 radical (unpaired) electrons. The third-order valence-corrected chi connectivity index (χ3v) is 6.47. The predicted molar refractivity (Wildman–Crippen MR) is 130 cm³/mol. The molecule has 3 amide bonds. The van der Waals surface area contributed by atoms with Crippen molar-refractivity contribution in [2.75, 3.05) is 23.7 Å². The quantitative estimate of drug-likeness (QED) is 0.525. The minimum absolute atomic E-state index is 0.108. The van der Waals surface area contributed by atoms with Gasteiger partial charge in [-0.15, -0.1) is 11.3 Å². The van der Waals surface area contributed by atoms with Gasteiger partial charge in [-0.3, -0.25) is 14.4 Å². The fraction of sp³-hybridized carbons (Fsp3) is 0.280. The third-order valence-electron chi connectivity index (χ3n) is 5.71. The summed E-state index contributed by atoms with van der Waals surface area (Å²) in [5, 5.41) is 7.29. The van der Waals surface area contributed by atoms with Crippen LogP contribution in [-0.2, 0) is 20.8 Å². The summed E-state index contributed by atoms with van der Waals surface area (Å²) in [7, 11) is 0. The molecule has 2 heterocycles. The Labute approximate surface area is 205 Å². The van der Waals surface area contributed by atoms with Crippen LogP contribution in [-0.4, -0.2) is 40.7 Å². The molecule has 10 heteroatoms. The molecular weight excluding hydrogens is 474 g/mol. The molecular formula is C25H24F2N4O3S. The van der Waals surface area contributed by atoms with Gasteiger partial charge in [-0.25, -0.2) is 13.8 Å². The molecule has 3 aromatic rings. The topological polar surface area (TPSA) is 91.4 Å². The van der Waals surface area contributed by atoms with Crippen molar-refractivity contribution < 1.29 is 23.2 Å². The minimum Gasteiger partial charge on any atom is -0.342 e. The molecule has 1 atom stereocenters. The van der Waals surface area contributed by atoms with E-state index in [4.69, 9.17) is 0 Å². The molecule has 1 fully saturated rings. The highest BCUT2D eigenvalue weighted by Crippen LogP contribution is 2.29. The van der Waals surface area contributed by atoms with Crippen molar-refractivity contribution in [1.29, 1.82) is 0 Å². The molecule has 0 aliphatic carbocycles. The summed E-state index contributed by atoms with van der Waals surface area (Å²) in [6, 6.07) is 10.1. The molecule has 182 valence electrons. The number of aromatic nitrogens is 1. The molecule has 1 aliphatic heterocycles. The first-order chi connectivity index (χ1) is 16.8. The van der Waals surface area contributed by atoms with E-state index in [0.717, 1.165) is 5.56 Å². The second-order valence-electron chi connectivity index (χ2n) is 8.39. The van der Waals surface area contributed by atoms with Crippen molar-refractivity contribution in [2.45, 2.75) is 26.2 Å². The van der Waals surface area contributed by atoms with Gasteiger partial charge in [0.1, 0.15) is 11.6 Å². The summed E-state index contributed by atoms with van der Waals surface area (Å²) in [4.78, 5) is 42.7. The number of amides is 3. The molecule has 0 saturated carbocycles. The lowest BCUT2D eigenvalue weighted by atomic mass is 9.96. The number of thiazole rings is 1. The highest BCUT2D eigenvalue weighted by atomic mass is 32.1. The molecule has 7 nitrogen and oxygen atoms in total. The van der Waals surface area contributed by atoms with Crippen LogP contribution in [0.5, 0.6) is 0 Å². The summed E-state index contributed by atoms with van der Waals surface area (Å²) in [6.07, 6.45) is 1.49. The van der Waals surface area contributed by atoms with Gasteiger partial charge in [-0.2, -0.15) is 0 Å². The standard InChI is InChI=1S/C25H24F2N4O3S/c1-15(32)28-19-8-9-20(21(27)12-19)22-14-35-25(29-22)30-24(34)17-3-2-10-31(13-17)23(33)11-16-4-6-18(26)7-5-16/h4-9,12,14,17H,2-3,10-11,13H2,1H3,(H,28,32)(H,29,30,34). The van der Waals surface area contributed by atoms with E-state index >= 15 is 0 Å². The lowest BCUT2D eigenvalue weighted by Crippen LogP contribution is -2.44. The predicted octanol–water partition coefficient (Wildman–Crippen LogP) is 4.47. The summed E-state index contributed by atoms with van der Waals surface area (Å²) in [5.74, 6) is -1.93. The monoisotopic (exact) mass is 498 g/mol. The number of carbonyl (C=O) groups excluding carboxylic acids is 3. The van der Waals surface area contributed by atoms with Crippen molar-refractivity contribution in [1.82, 2.24) is 9.88 Å². The zero-order valence-electron chi connectivity index (χ0n) is 19.0. The summed E-state index contributed by atoms with van der Waals surface area (Å²) < 4.78 is 27.6.